The smallest absolute Gasteiger partial charge is 0.264 e. The molecule has 0 unspecified atom stereocenters. The number of nitrogens with zero attached hydrogens (tertiary/aromatic N) is 2. The zero-order valence-corrected chi connectivity index (χ0v) is 26.1. The predicted molar refractivity (Wildman–Crippen MR) is 166 cm³/mol. The van der Waals surface area contributed by atoms with Crippen LogP contribution < -0.4 is 9.62 Å². The second-order valence-corrected chi connectivity index (χ2v) is 12.6. The summed E-state index contributed by atoms with van der Waals surface area (Å²) in [4.78, 5) is 29.0. The highest BCUT2D eigenvalue weighted by Crippen LogP contribution is 2.27. The van der Waals surface area contributed by atoms with Gasteiger partial charge >= 0.3 is 0 Å². The van der Waals surface area contributed by atoms with Gasteiger partial charge in [0.2, 0.25) is 11.8 Å². The Kier molecular flexibility index (Phi) is 11.4. The van der Waals surface area contributed by atoms with Crippen LogP contribution in [0.15, 0.2) is 71.6 Å². The van der Waals surface area contributed by atoms with E-state index in [1.165, 1.54) is 29.2 Å². The number of amides is 2. The molecule has 3 aromatic rings. The van der Waals surface area contributed by atoms with Crippen molar-refractivity contribution in [1.82, 2.24) is 10.2 Å². The van der Waals surface area contributed by atoms with Gasteiger partial charge in [0, 0.05) is 18.1 Å². The monoisotopic (exact) mass is 597 g/mol. The van der Waals surface area contributed by atoms with Gasteiger partial charge in [-0.05, 0) is 86.7 Å². The van der Waals surface area contributed by atoms with Crippen molar-refractivity contribution in [3.8, 4) is 0 Å². The van der Waals surface area contributed by atoms with Crippen LogP contribution in [0.25, 0.3) is 0 Å². The SMILES string of the molecule is CCCCNC(=O)[C@H](CC)N(Cc1cccc(C)c1)C(=O)CN(c1ccc(C)c(C)c1)S(=O)(=O)c1ccc(Cl)cc1. The molecular formula is C32H40ClN3O4S. The fraction of sp³-hybridized carbons (Fsp3) is 0.375. The molecular weight excluding hydrogens is 558 g/mol. The van der Waals surface area contributed by atoms with E-state index in [0.717, 1.165) is 39.4 Å². The summed E-state index contributed by atoms with van der Waals surface area (Å²) < 4.78 is 29.1. The van der Waals surface area contributed by atoms with Gasteiger partial charge in [-0.15, -0.1) is 0 Å². The molecule has 0 aliphatic heterocycles. The van der Waals surface area contributed by atoms with Crippen molar-refractivity contribution in [2.75, 3.05) is 17.4 Å². The third kappa shape index (κ3) is 8.33. The van der Waals surface area contributed by atoms with E-state index >= 15 is 0 Å². The van der Waals surface area contributed by atoms with Gasteiger partial charge in [-0.3, -0.25) is 13.9 Å². The molecule has 41 heavy (non-hydrogen) atoms. The first-order valence-electron chi connectivity index (χ1n) is 14.0. The first-order chi connectivity index (χ1) is 19.5. The number of halogens is 1. The average molecular weight is 598 g/mol. The zero-order valence-electron chi connectivity index (χ0n) is 24.5. The van der Waals surface area contributed by atoms with Gasteiger partial charge in [0.1, 0.15) is 12.6 Å². The van der Waals surface area contributed by atoms with Crippen LogP contribution in [-0.4, -0.2) is 44.3 Å². The minimum atomic E-state index is -4.15. The highest BCUT2D eigenvalue weighted by Gasteiger charge is 2.33. The van der Waals surface area contributed by atoms with Gasteiger partial charge < -0.3 is 10.2 Å². The molecule has 220 valence electrons. The molecule has 0 aliphatic rings. The minimum absolute atomic E-state index is 0.0162. The quantitative estimate of drug-likeness (QED) is 0.238. The predicted octanol–water partition coefficient (Wildman–Crippen LogP) is 6.18. The maximum Gasteiger partial charge on any atom is 0.264 e. The Labute approximate surface area is 249 Å². The molecule has 0 spiro atoms. The maximum absolute atomic E-state index is 14.2. The first kappa shape index (κ1) is 32.2. The Morgan fingerprint density at radius 1 is 0.927 bits per heavy atom. The van der Waals surface area contributed by atoms with E-state index in [-0.39, 0.29) is 17.3 Å². The highest BCUT2D eigenvalue weighted by atomic mass is 35.5. The molecule has 1 atom stereocenters. The number of unbranched alkanes of at least 4 members (excludes halogenated alkanes) is 1. The van der Waals surface area contributed by atoms with E-state index in [1.54, 1.807) is 12.1 Å². The lowest BCUT2D eigenvalue weighted by Crippen LogP contribution is -2.52. The van der Waals surface area contributed by atoms with E-state index in [9.17, 15) is 18.0 Å². The lowest BCUT2D eigenvalue weighted by molar-refractivity contribution is -0.140. The van der Waals surface area contributed by atoms with Crippen molar-refractivity contribution in [1.29, 1.82) is 0 Å². The van der Waals surface area contributed by atoms with E-state index in [0.29, 0.717) is 23.7 Å². The molecule has 7 nitrogen and oxygen atoms in total. The van der Waals surface area contributed by atoms with Gasteiger partial charge in [0.05, 0.1) is 10.6 Å². The van der Waals surface area contributed by atoms with Crippen molar-refractivity contribution in [2.45, 2.75) is 71.4 Å². The fourth-order valence-electron chi connectivity index (χ4n) is 4.58. The van der Waals surface area contributed by atoms with Crippen LogP contribution in [0.5, 0.6) is 0 Å². The van der Waals surface area contributed by atoms with Crippen LogP contribution in [0.1, 0.15) is 55.4 Å². The second kappa shape index (κ2) is 14.5. The van der Waals surface area contributed by atoms with Crippen LogP contribution >= 0.6 is 11.6 Å². The fourth-order valence-corrected chi connectivity index (χ4v) is 6.11. The van der Waals surface area contributed by atoms with Gasteiger partial charge in [0.25, 0.3) is 10.0 Å². The van der Waals surface area contributed by atoms with Crippen molar-refractivity contribution >= 4 is 39.1 Å². The third-order valence-electron chi connectivity index (χ3n) is 7.11. The summed E-state index contributed by atoms with van der Waals surface area (Å²) in [5.74, 6) is -0.722. The van der Waals surface area contributed by atoms with E-state index in [2.05, 4.69) is 5.32 Å². The molecule has 0 saturated heterocycles. The van der Waals surface area contributed by atoms with Crippen LogP contribution in [-0.2, 0) is 26.2 Å². The molecule has 0 heterocycles. The number of benzene rings is 3. The average Bonchev–Trinajstić information content (AvgIpc) is 2.93. The Morgan fingerprint density at radius 2 is 1.63 bits per heavy atom. The molecule has 0 aliphatic carbocycles. The maximum atomic E-state index is 14.2. The lowest BCUT2D eigenvalue weighted by Gasteiger charge is -2.33. The lowest BCUT2D eigenvalue weighted by atomic mass is 10.1. The summed E-state index contributed by atoms with van der Waals surface area (Å²) in [7, 11) is -4.15. The van der Waals surface area contributed by atoms with Gasteiger partial charge in [-0.2, -0.15) is 0 Å². The summed E-state index contributed by atoms with van der Waals surface area (Å²) in [6.07, 6.45) is 2.13. The van der Waals surface area contributed by atoms with Gasteiger partial charge in [-0.1, -0.05) is 67.8 Å². The van der Waals surface area contributed by atoms with Gasteiger partial charge in [-0.25, -0.2) is 8.42 Å². The van der Waals surface area contributed by atoms with E-state index in [1.807, 2.05) is 65.0 Å². The summed E-state index contributed by atoms with van der Waals surface area (Å²) in [6, 6.07) is 18.1. The number of anilines is 1. The zero-order chi connectivity index (χ0) is 30.2. The summed E-state index contributed by atoms with van der Waals surface area (Å²) in [5, 5.41) is 3.35. The second-order valence-electron chi connectivity index (χ2n) is 10.3. The number of rotatable bonds is 13. The molecule has 3 aromatic carbocycles. The topological polar surface area (TPSA) is 86.8 Å². The molecule has 0 bridgehead atoms. The largest absolute Gasteiger partial charge is 0.354 e. The summed E-state index contributed by atoms with van der Waals surface area (Å²) in [5.41, 5.74) is 4.14. The Bertz CT molecular complexity index is 1460. The van der Waals surface area contributed by atoms with E-state index in [4.69, 9.17) is 11.6 Å². The Hall–Kier alpha value is -3.36. The molecule has 0 aromatic heterocycles. The first-order valence-corrected chi connectivity index (χ1v) is 15.8. The van der Waals surface area contributed by atoms with Crippen LogP contribution in [0.3, 0.4) is 0 Å². The van der Waals surface area contributed by atoms with Gasteiger partial charge in [0.15, 0.2) is 0 Å². The summed E-state index contributed by atoms with van der Waals surface area (Å²) >= 11 is 6.03. The highest BCUT2D eigenvalue weighted by molar-refractivity contribution is 7.92. The van der Waals surface area contributed by atoms with Crippen molar-refractivity contribution in [2.24, 2.45) is 0 Å². The number of hydrogen-bond acceptors (Lipinski definition) is 4. The number of carbonyl (C=O) groups is 2. The number of hydrogen-bond donors (Lipinski definition) is 1. The molecule has 0 fully saturated rings. The van der Waals surface area contributed by atoms with Crippen LogP contribution in [0.2, 0.25) is 5.02 Å². The number of carbonyl (C=O) groups excluding carboxylic acids is 2. The Balaban J connectivity index is 2.06. The molecule has 3 rings (SSSR count). The standard InChI is InChI=1S/C32H40ClN3O4S/c1-6-8-18-34-32(38)30(7-2)35(21-26-11-9-10-23(3)19-26)31(37)22-36(28-15-12-24(4)25(5)20-28)41(39,40)29-16-13-27(33)14-17-29/h9-17,19-20,30H,6-8,18,21-22H2,1-5H3,(H,34,38)/t30-/m0/s1. The third-order valence-corrected chi connectivity index (χ3v) is 9.15. The van der Waals surface area contributed by atoms with Crippen molar-refractivity contribution < 1.29 is 18.0 Å². The molecule has 0 saturated carbocycles. The van der Waals surface area contributed by atoms with Crippen molar-refractivity contribution in [3.63, 3.8) is 0 Å². The number of aryl methyl sites for hydroxylation is 3. The number of nitrogens with one attached hydrogen (secondary N) is 1. The van der Waals surface area contributed by atoms with E-state index < -0.39 is 28.5 Å². The number of sulfonamides is 1. The normalized spacial score (nSPS) is 12.0. The molecule has 1 N–H and O–H groups in total. The van der Waals surface area contributed by atoms with Crippen molar-refractivity contribution in [3.05, 3.63) is 94.0 Å². The Morgan fingerprint density at radius 3 is 2.24 bits per heavy atom. The van der Waals surface area contributed by atoms with Crippen LogP contribution in [0.4, 0.5) is 5.69 Å². The summed E-state index contributed by atoms with van der Waals surface area (Å²) in [6.45, 7) is 9.90. The molecule has 0 radical (unpaired) electrons. The minimum Gasteiger partial charge on any atom is -0.354 e. The molecule has 9 heteroatoms. The van der Waals surface area contributed by atoms with Crippen LogP contribution in [0, 0.1) is 20.8 Å². The molecule has 2 amide bonds.